The van der Waals surface area contributed by atoms with Gasteiger partial charge in [0.05, 0.1) is 15.0 Å². The quantitative estimate of drug-likeness (QED) is 0.390. The van der Waals surface area contributed by atoms with Gasteiger partial charge in [0.2, 0.25) is 0 Å². The van der Waals surface area contributed by atoms with Crippen molar-refractivity contribution < 1.29 is 9.59 Å². The molecule has 0 aliphatic carbocycles. The van der Waals surface area contributed by atoms with Crippen molar-refractivity contribution in [3.63, 3.8) is 0 Å². The summed E-state index contributed by atoms with van der Waals surface area (Å²) in [5.41, 5.74) is 4.81. The lowest BCUT2D eigenvalue weighted by Crippen LogP contribution is -2.30. The van der Waals surface area contributed by atoms with Gasteiger partial charge in [0.25, 0.3) is 11.1 Å². The van der Waals surface area contributed by atoms with Crippen LogP contribution in [0.2, 0.25) is 10.0 Å². The second-order valence-corrected chi connectivity index (χ2v) is 9.14. The molecule has 0 atom stereocenters. The maximum atomic E-state index is 12.9. The van der Waals surface area contributed by atoms with E-state index < -0.39 is 0 Å². The molecule has 1 aliphatic rings. The molecule has 0 bridgehead atoms. The topological polar surface area (TPSA) is 42.3 Å². The van der Waals surface area contributed by atoms with Crippen LogP contribution in [0.3, 0.4) is 0 Å². The van der Waals surface area contributed by atoms with Gasteiger partial charge in [-0.3, -0.25) is 14.5 Å². The van der Waals surface area contributed by atoms with Crippen LogP contribution in [0.15, 0.2) is 59.5 Å². The number of halogens is 2. The summed E-state index contributed by atoms with van der Waals surface area (Å²) in [6.45, 7) is 4.33. The van der Waals surface area contributed by atoms with Crippen LogP contribution in [0.5, 0.6) is 0 Å². The highest BCUT2D eigenvalue weighted by Gasteiger charge is 2.34. The Bertz CT molecular complexity index is 1200. The molecule has 2 heterocycles. The van der Waals surface area contributed by atoms with Gasteiger partial charge in [0, 0.05) is 23.6 Å². The minimum Gasteiger partial charge on any atom is -0.318 e. The highest BCUT2D eigenvalue weighted by atomic mass is 35.5. The van der Waals surface area contributed by atoms with Gasteiger partial charge in [0.1, 0.15) is 0 Å². The number of carbonyl (C=O) groups is 2. The van der Waals surface area contributed by atoms with Crippen LogP contribution in [0, 0.1) is 13.8 Å². The largest absolute Gasteiger partial charge is 0.318 e. The van der Waals surface area contributed by atoms with E-state index in [9.17, 15) is 9.59 Å². The smallest absolute Gasteiger partial charge is 0.293 e. The van der Waals surface area contributed by atoms with E-state index in [1.54, 1.807) is 12.1 Å². The fourth-order valence-electron chi connectivity index (χ4n) is 3.67. The molecule has 0 saturated carbocycles. The van der Waals surface area contributed by atoms with Crippen molar-refractivity contribution in [1.29, 1.82) is 0 Å². The summed E-state index contributed by atoms with van der Waals surface area (Å²) in [5.74, 6) is -0.245. The summed E-state index contributed by atoms with van der Waals surface area (Å²) in [5, 5.41) is 0.746. The molecule has 4 nitrogen and oxygen atoms in total. The summed E-state index contributed by atoms with van der Waals surface area (Å²) in [6, 6.07) is 17.3. The highest BCUT2D eigenvalue weighted by molar-refractivity contribution is 8.18. The number of benzene rings is 2. The van der Waals surface area contributed by atoms with Crippen LogP contribution in [-0.2, 0) is 11.2 Å². The van der Waals surface area contributed by atoms with Crippen molar-refractivity contribution in [3.05, 3.63) is 92.1 Å². The Labute approximate surface area is 195 Å². The lowest BCUT2D eigenvalue weighted by atomic mass is 10.1. The van der Waals surface area contributed by atoms with Gasteiger partial charge in [-0.15, -0.1) is 0 Å². The summed E-state index contributed by atoms with van der Waals surface area (Å²) >= 11 is 13.2. The van der Waals surface area contributed by atoms with Gasteiger partial charge in [-0.1, -0.05) is 53.5 Å². The van der Waals surface area contributed by atoms with Gasteiger partial charge in [-0.05, 0) is 73.5 Å². The molecule has 0 N–H and O–H groups in total. The Morgan fingerprint density at radius 2 is 1.71 bits per heavy atom. The van der Waals surface area contributed by atoms with Crippen LogP contribution < -0.4 is 0 Å². The number of hydrogen-bond donors (Lipinski definition) is 0. The average molecular weight is 471 g/mol. The first-order valence-electron chi connectivity index (χ1n) is 9.79. The maximum absolute atomic E-state index is 12.9. The van der Waals surface area contributed by atoms with Crippen molar-refractivity contribution in [1.82, 2.24) is 9.47 Å². The lowest BCUT2D eigenvalue weighted by molar-refractivity contribution is -0.122. The highest BCUT2D eigenvalue weighted by Crippen LogP contribution is 2.34. The van der Waals surface area contributed by atoms with E-state index in [1.165, 1.54) is 4.90 Å². The first-order valence-corrected chi connectivity index (χ1v) is 11.4. The SMILES string of the molecule is Cc1cc(/C=C2\SC(=O)N(CCc3ccccc3)C2=O)c(C)n1-c1ccc(Cl)c(Cl)c1. The Morgan fingerprint density at radius 3 is 2.42 bits per heavy atom. The fraction of sp³-hybridized carbons (Fsp3) is 0.167. The molecule has 1 aromatic heterocycles. The molecule has 7 heteroatoms. The van der Waals surface area contributed by atoms with Crippen molar-refractivity contribution >= 4 is 52.2 Å². The zero-order chi connectivity index (χ0) is 22.1. The molecular weight excluding hydrogens is 451 g/mol. The van der Waals surface area contributed by atoms with Crippen LogP contribution in [0.25, 0.3) is 11.8 Å². The summed E-state index contributed by atoms with van der Waals surface area (Å²) in [6.07, 6.45) is 2.43. The van der Waals surface area contributed by atoms with Crippen molar-refractivity contribution in [2.24, 2.45) is 0 Å². The minimum atomic E-state index is -0.245. The van der Waals surface area contributed by atoms with E-state index in [2.05, 4.69) is 0 Å². The number of amides is 2. The summed E-state index contributed by atoms with van der Waals surface area (Å²) < 4.78 is 2.05. The van der Waals surface area contributed by atoms with E-state index in [1.807, 2.05) is 66.9 Å². The molecule has 2 aromatic carbocycles. The third-order valence-corrected chi connectivity index (χ3v) is 6.91. The van der Waals surface area contributed by atoms with Gasteiger partial charge in [0.15, 0.2) is 0 Å². The monoisotopic (exact) mass is 470 g/mol. The summed E-state index contributed by atoms with van der Waals surface area (Å²) in [4.78, 5) is 27.1. The van der Waals surface area contributed by atoms with E-state index in [-0.39, 0.29) is 11.1 Å². The first kappa shape index (κ1) is 21.8. The normalized spacial score (nSPS) is 15.4. The first-order chi connectivity index (χ1) is 14.8. The van der Waals surface area contributed by atoms with E-state index in [0.29, 0.717) is 27.9 Å². The molecule has 4 rings (SSSR count). The molecule has 1 fully saturated rings. The molecule has 3 aromatic rings. The van der Waals surface area contributed by atoms with Crippen LogP contribution in [-0.4, -0.2) is 27.2 Å². The predicted octanol–water partition coefficient (Wildman–Crippen LogP) is 6.68. The number of hydrogen-bond acceptors (Lipinski definition) is 3. The molecule has 31 heavy (non-hydrogen) atoms. The molecular formula is C24H20Cl2N2O2S. The fourth-order valence-corrected chi connectivity index (χ4v) is 4.82. The molecule has 0 spiro atoms. The second kappa shape index (κ2) is 8.95. The standard InChI is InChI=1S/C24H20Cl2N2O2S/c1-15-12-18(16(2)28(15)19-8-9-20(25)21(26)14-19)13-22-23(29)27(24(30)31-22)11-10-17-6-4-3-5-7-17/h3-9,12-14H,10-11H2,1-2H3/b22-13-. The number of rotatable bonds is 5. The third-order valence-electron chi connectivity index (χ3n) is 5.26. The number of aryl methyl sites for hydroxylation is 1. The number of nitrogens with zero attached hydrogens (tertiary/aromatic N) is 2. The van der Waals surface area contributed by atoms with Gasteiger partial charge >= 0.3 is 0 Å². The zero-order valence-corrected chi connectivity index (χ0v) is 19.4. The Hall–Kier alpha value is -2.47. The Balaban J connectivity index is 1.58. The van der Waals surface area contributed by atoms with E-state index in [0.717, 1.165) is 40.0 Å². The van der Waals surface area contributed by atoms with Gasteiger partial charge in [-0.2, -0.15) is 0 Å². The average Bonchev–Trinajstić information content (AvgIpc) is 3.18. The predicted molar refractivity (Wildman–Crippen MR) is 128 cm³/mol. The van der Waals surface area contributed by atoms with Crippen LogP contribution in [0.1, 0.15) is 22.5 Å². The molecule has 0 unspecified atom stereocenters. The van der Waals surface area contributed by atoms with Crippen molar-refractivity contribution in [2.45, 2.75) is 20.3 Å². The van der Waals surface area contributed by atoms with E-state index in [4.69, 9.17) is 23.2 Å². The number of imide groups is 1. The minimum absolute atomic E-state index is 0.231. The van der Waals surface area contributed by atoms with Crippen LogP contribution >= 0.6 is 35.0 Å². The molecule has 1 aliphatic heterocycles. The molecule has 1 saturated heterocycles. The summed E-state index contributed by atoms with van der Waals surface area (Å²) in [7, 11) is 0. The zero-order valence-electron chi connectivity index (χ0n) is 17.1. The van der Waals surface area contributed by atoms with Crippen molar-refractivity contribution in [3.8, 4) is 5.69 Å². The molecule has 158 valence electrons. The third kappa shape index (κ3) is 4.45. The second-order valence-electron chi connectivity index (χ2n) is 7.33. The Morgan fingerprint density at radius 1 is 0.968 bits per heavy atom. The molecule has 2 amide bonds. The van der Waals surface area contributed by atoms with Gasteiger partial charge < -0.3 is 4.57 Å². The number of aromatic nitrogens is 1. The Kier molecular flexibility index (Phi) is 6.28. The van der Waals surface area contributed by atoms with Crippen LogP contribution in [0.4, 0.5) is 4.79 Å². The lowest BCUT2D eigenvalue weighted by Gasteiger charge is -2.12. The van der Waals surface area contributed by atoms with Gasteiger partial charge in [-0.25, -0.2) is 0 Å². The van der Waals surface area contributed by atoms with E-state index >= 15 is 0 Å². The maximum Gasteiger partial charge on any atom is 0.293 e. The van der Waals surface area contributed by atoms with Crippen molar-refractivity contribution in [2.75, 3.05) is 6.54 Å². The molecule has 0 radical (unpaired) electrons. The number of thioether (sulfide) groups is 1. The number of carbonyl (C=O) groups excluding carboxylic acids is 2.